The molecule has 2 heterocycles. The van der Waals surface area contributed by atoms with E-state index in [0.29, 0.717) is 19.5 Å². The number of hydrogen-bond acceptors (Lipinski definition) is 3. The Morgan fingerprint density at radius 2 is 1.79 bits per heavy atom. The number of carbonyl (C=O) groups excluding carboxylic acids is 2. The van der Waals surface area contributed by atoms with Crippen LogP contribution in [-0.4, -0.2) is 60.5 Å². The molecule has 2 aliphatic rings. The average Bonchev–Trinajstić information content (AvgIpc) is 2.90. The van der Waals surface area contributed by atoms with Crippen LogP contribution in [0.15, 0.2) is 30.3 Å². The second-order valence-electron chi connectivity index (χ2n) is 6.86. The van der Waals surface area contributed by atoms with Crippen LogP contribution in [0.1, 0.15) is 24.8 Å². The summed E-state index contributed by atoms with van der Waals surface area (Å²) in [6, 6.07) is 9.92. The van der Waals surface area contributed by atoms with Crippen LogP contribution in [-0.2, 0) is 11.3 Å². The van der Waals surface area contributed by atoms with Crippen molar-refractivity contribution >= 4 is 11.9 Å². The number of carbonyl (C=O) groups is 2. The second-order valence-corrected chi connectivity index (χ2v) is 6.86. The topological polar surface area (TPSA) is 64.7 Å². The van der Waals surface area contributed by atoms with Gasteiger partial charge in [-0.3, -0.25) is 4.79 Å². The Balaban J connectivity index is 1.44. The van der Waals surface area contributed by atoms with Gasteiger partial charge in [-0.2, -0.15) is 0 Å². The highest BCUT2D eigenvalue weighted by Crippen LogP contribution is 2.15. The Kier molecular flexibility index (Phi) is 5.35. The summed E-state index contributed by atoms with van der Waals surface area (Å²) >= 11 is 0. The highest BCUT2D eigenvalue weighted by Gasteiger charge is 2.31. The Hall–Kier alpha value is -2.08. The normalized spacial score (nSPS) is 22.6. The molecule has 2 N–H and O–H groups in total. The highest BCUT2D eigenvalue weighted by atomic mass is 16.2. The van der Waals surface area contributed by atoms with Crippen LogP contribution < -0.4 is 10.6 Å². The van der Waals surface area contributed by atoms with Crippen LogP contribution in [0, 0.1) is 0 Å². The Morgan fingerprint density at radius 1 is 1.12 bits per heavy atom. The lowest BCUT2D eigenvalue weighted by Gasteiger charge is -2.29. The lowest BCUT2D eigenvalue weighted by molar-refractivity contribution is -0.128. The van der Waals surface area contributed by atoms with Crippen molar-refractivity contribution in [3.05, 3.63) is 35.9 Å². The van der Waals surface area contributed by atoms with E-state index in [9.17, 15) is 9.59 Å². The molecule has 0 radical (unpaired) electrons. The summed E-state index contributed by atoms with van der Waals surface area (Å²) in [5.41, 5.74) is 1.11. The molecule has 0 bridgehead atoms. The molecule has 24 heavy (non-hydrogen) atoms. The molecule has 1 aromatic rings. The van der Waals surface area contributed by atoms with Crippen LogP contribution in [0.4, 0.5) is 4.79 Å². The minimum atomic E-state index is -0.149. The number of nitrogens with zero attached hydrogens (tertiary/aromatic N) is 2. The molecule has 0 aliphatic carbocycles. The summed E-state index contributed by atoms with van der Waals surface area (Å²) in [6.07, 6.45) is 2.34. The highest BCUT2D eigenvalue weighted by molar-refractivity contribution is 5.81. The number of piperidine rings is 1. The van der Waals surface area contributed by atoms with E-state index >= 15 is 0 Å². The van der Waals surface area contributed by atoms with Crippen molar-refractivity contribution < 1.29 is 9.59 Å². The maximum absolute atomic E-state index is 12.2. The van der Waals surface area contributed by atoms with Crippen LogP contribution in [0.25, 0.3) is 0 Å². The fourth-order valence-corrected chi connectivity index (χ4v) is 3.39. The van der Waals surface area contributed by atoms with Gasteiger partial charge in [0.1, 0.15) is 0 Å². The fraction of sp³-hybridized carbons (Fsp3) is 0.556. The van der Waals surface area contributed by atoms with Crippen LogP contribution in [0.5, 0.6) is 0 Å². The molecule has 0 unspecified atom stereocenters. The van der Waals surface area contributed by atoms with E-state index in [1.165, 1.54) is 0 Å². The molecule has 130 valence electrons. The van der Waals surface area contributed by atoms with Gasteiger partial charge in [0.25, 0.3) is 0 Å². The number of amides is 3. The van der Waals surface area contributed by atoms with Crippen molar-refractivity contribution in [3.8, 4) is 0 Å². The van der Waals surface area contributed by atoms with E-state index in [1.54, 1.807) is 0 Å². The van der Waals surface area contributed by atoms with Crippen molar-refractivity contribution in [2.75, 3.05) is 26.7 Å². The third-order valence-electron chi connectivity index (χ3n) is 4.82. The van der Waals surface area contributed by atoms with Crippen molar-refractivity contribution in [2.24, 2.45) is 0 Å². The summed E-state index contributed by atoms with van der Waals surface area (Å²) in [7, 11) is 2.10. The smallest absolute Gasteiger partial charge is 0.315 e. The number of urea groups is 1. The van der Waals surface area contributed by atoms with Crippen molar-refractivity contribution in [2.45, 2.75) is 37.9 Å². The largest absolute Gasteiger partial charge is 0.336 e. The third-order valence-corrected chi connectivity index (χ3v) is 4.82. The zero-order chi connectivity index (χ0) is 16.9. The molecular weight excluding hydrogens is 304 g/mol. The Morgan fingerprint density at radius 3 is 2.50 bits per heavy atom. The monoisotopic (exact) mass is 330 g/mol. The first-order valence-corrected chi connectivity index (χ1v) is 8.67. The van der Waals surface area contributed by atoms with Gasteiger partial charge in [-0.1, -0.05) is 30.3 Å². The van der Waals surface area contributed by atoms with Gasteiger partial charge in [0.2, 0.25) is 5.91 Å². The standard InChI is InChI=1S/C18H26N4O2/c1-21-9-7-15(8-10-21)19-18(24)20-16-11-17(23)22(13-16)12-14-5-3-2-4-6-14/h2-6,15-16H,7-13H2,1H3,(H2,19,20,24)/t16-/m0/s1. The van der Waals surface area contributed by atoms with Crippen molar-refractivity contribution in [1.82, 2.24) is 20.4 Å². The van der Waals surface area contributed by atoms with Gasteiger partial charge in [0.05, 0.1) is 6.04 Å². The molecule has 3 amide bonds. The molecule has 1 atom stereocenters. The number of nitrogens with one attached hydrogen (secondary N) is 2. The van der Waals surface area contributed by atoms with E-state index < -0.39 is 0 Å². The SMILES string of the molecule is CN1CCC(NC(=O)N[C@H]2CC(=O)N(Cc3ccccc3)C2)CC1. The summed E-state index contributed by atoms with van der Waals surface area (Å²) in [5, 5.41) is 6.00. The van der Waals surface area contributed by atoms with Gasteiger partial charge in [-0.25, -0.2) is 4.79 Å². The predicted octanol–water partition coefficient (Wildman–Crippen LogP) is 1.18. The van der Waals surface area contributed by atoms with Crippen LogP contribution in [0.2, 0.25) is 0 Å². The van der Waals surface area contributed by atoms with Gasteiger partial charge in [-0.05, 0) is 38.5 Å². The second kappa shape index (κ2) is 7.66. The minimum Gasteiger partial charge on any atom is -0.336 e. The molecule has 0 saturated carbocycles. The lowest BCUT2D eigenvalue weighted by Crippen LogP contribution is -2.50. The molecule has 2 fully saturated rings. The maximum Gasteiger partial charge on any atom is 0.315 e. The fourth-order valence-electron chi connectivity index (χ4n) is 3.39. The molecule has 3 rings (SSSR count). The molecule has 0 aromatic heterocycles. The maximum atomic E-state index is 12.2. The number of rotatable bonds is 4. The van der Waals surface area contributed by atoms with Gasteiger partial charge >= 0.3 is 6.03 Å². The summed E-state index contributed by atoms with van der Waals surface area (Å²) in [5.74, 6) is 0.100. The first kappa shape index (κ1) is 16.8. The first-order valence-electron chi connectivity index (χ1n) is 8.67. The van der Waals surface area contributed by atoms with Crippen molar-refractivity contribution in [1.29, 1.82) is 0 Å². The van der Waals surface area contributed by atoms with Gasteiger partial charge in [0, 0.05) is 25.6 Å². The molecule has 1 aromatic carbocycles. The average molecular weight is 330 g/mol. The summed E-state index contributed by atoms with van der Waals surface area (Å²) < 4.78 is 0. The molecule has 2 aliphatic heterocycles. The number of likely N-dealkylation sites (tertiary alicyclic amines) is 2. The summed E-state index contributed by atoms with van der Waals surface area (Å²) in [6.45, 7) is 3.21. The van der Waals surface area contributed by atoms with Gasteiger partial charge in [0.15, 0.2) is 0 Å². The minimum absolute atomic E-state index is 0.100. The van der Waals surface area contributed by atoms with Gasteiger partial charge < -0.3 is 20.4 Å². The van der Waals surface area contributed by atoms with Crippen LogP contribution in [0.3, 0.4) is 0 Å². The van der Waals surface area contributed by atoms with Gasteiger partial charge in [-0.15, -0.1) is 0 Å². The van der Waals surface area contributed by atoms with E-state index in [2.05, 4.69) is 22.6 Å². The molecule has 0 spiro atoms. The number of hydrogen-bond donors (Lipinski definition) is 2. The first-order chi connectivity index (χ1) is 11.6. The zero-order valence-corrected chi connectivity index (χ0v) is 14.2. The van der Waals surface area contributed by atoms with E-state index in [4.69, 9.17) is 0 Å². The molecule has 2 saturated heterocycles. The molecular formula is C18H26N4O2. The Labute approximate surface area is 143 Å². The third kappa shape index (κ3) is 4.47. The summed E-state index contributed by atoms with van der Waals surface area (Å²) in [4.78, 5) is 28.4. The number of benzene rings is 1. The zero-order valence-electron chi connectivity index (χ0n) is 14.2. The quantitative estimate of drug-likeness (QED) is 0.871. The lowest BCUT2D eigenvalue weighted by atomic mass is 10.1. The molecule has 6 heteroatoms. The van der Waals surface area contributed by atoms with E-state index in [-0.39, 0.29) is 24.0 Å². The van der Waals surface area contributed by atoms with E-state index in [0.717, 1.165) is 31.5 Å². The Bertz CT molecular complexity index is 570. The van der Waals surface area contributed by atoms with E-state index in [1.807, 2.05) is 35.2 Å². The predicted molar refractivity (Wildman–Crippen MR) is 92.5 cm³/mol. The van der Waals surface area contributed by atoms with Crippen molar-refractivity contribution in [3.63, 3.8) is 0 Å². The molecule has 6 nitrogen and oxygen atoms in total. The van der Waals surface area contributed by atoms with Crippen LogP contribution >= 0.6 is 0 Å².